The van der Waals surface area contributed by atoms with E-state index < -0.39 is 5.79 Å². The van der Waals surface area contributed by atoms with Gasteiger partial charge in [-0.05, 0) is 26.7 Å². The third-order valence-electron chi connectivity index (χ3n) is 3.77. The monoisotopic (exact) mass is 237 g/mol. The topological polar surface area (TPSA) is 40.0 Å². The second-order valence-electron chi connectivity index (χ2n) is 5.70. The van der Waals surface area contributed by atoms with Gasteiger partial charge in [0.25, 0.3) is 0 Å². The standard InChI is InChI=1S/C13H19NO3/c1-4-5-13-6-9-8-15-14-11(9)10(7-13)16-12(2,3)17-13/h4,9-10H,1,5-8H2,2-3H3/t9-,10-,13-/m0/s1. The Bertz CT molecular complexity index is 377. The molecule has 3 aliphatic rings. The van der Waals surface area contributed by atoms with E-state index in [2.05, 4.69) is 11.7 Å². The molecule has 0 unspecified atom stereocenters. The molecule has 0 radical (unpaired) electrons. The molecule has 3 atom stereocenters. The molecule has 2 fully saturated rings. The van der Waals surface area contributed by atoms with Crippen molar-refractivity contribution in [2.75, 3.05) is 6.61 Å². The lowest BCUT2D eigenvalue weighted by Crippen LogP contribution is -2.59. The van der Waals surface area contributed by atoms with E-state index >= 15 is 0 Å². The molecule has 0 amide bonds. The maximum absolute atomic E-state index is 6.18. The molecule has 4 nitrogen and oxygen atoms in total. The van der Waals surface area contributed by atoms with Crippen molar-refractivity contribution in [3.63, 3.8) is 0 Å². The summed E-state index contributed by atoms with van der Waals surface area (Å²) in [6.07, 6.45) is 4.67. The molecule has 1 saturated carbocycles. The SMILES string of the molecule is C=CC[C@]12C[C@H]3CON=C3[C@H](C1)OC(C)(C)O2. The number of fused-ring (bicyclic) bond motifs is 4. The first kappa shape index (κ1) is 11.2. The van der Waals surface area contributed by atoms with Crippen LogP contribution in [0.1, 0.15) is 33.1 Å². The molecule has 3 rings (SSSR count). The lowest BCUT2D eigenvalue weighted by Gasteiger charge is -2.52. The summed E-state index contributed by atoms with van der Waals surface area (Å²) in [4.78, 5) is 5.22. The molecule has 1 saturated heterocycles. The average molecular weight is 237 g/mol. The minimum Gasteiger partial charge on any atom is -0.395 e. The zero-order chi connectivity index (χ0) is 12.1. The van der Waals surface area contributed by atoms with Crippen molar-refractivity contribution < 1.29 is 14.3 Å². The molecule has 1 aliphatic carbocycles. The first-order chi connectivity index (χ1) is 8.04. The van der Waals surface area contributed by atoms with E-state index in [1.54, 1.807) is 0 Å². The van der Waals surface area contributed by atoms with E-state index in [4.69, 9.17) is 14.3 Å². The van der Waals surface area contributed by atoms with Crippen LogP contribution >= 0.6 is 0 Å². The van der Waals surface area contributed by atoms with Gasteiger partial charge < -0.3 is 14.3 Å². The van der Waals surface area contributed by atoms with Crippen molar-refractivity contribution in [2.45, 2.75) is 50.6 Å². The summed E-state index contributed by atoms with van der Waals surface area (Å²) in [5.74, 6) is -0.202. The summed E-state index contributed by atoms with van der Waals surface area (Å²) in [5.41, 5.74) is 0.923. The van der Waals surface area contributed by atoms with Crippen LogP contribution in [0, 0.1) is 5.92 Å². The fourth-order valence-corrected chi connectivity index (χ4v) is 3.37. The Kier molecular flexibility index (Phi) is 2.35. The predicted octanol–water partition coefficient (Wildman–Crippen LogP) is 2.25. The number of hydrogen-bond donors (Lipinski definition) is 0. The van der Waals surface area contributed by atoms with E-state index in [9.17, 15) is 0 Å². The Balaban J connectivity index is 1.94. The molecule has 2 aliphatic heterocycles. The van der Waals surface area contributed by atoms with Gasteiger partial charge in [-0.3, -0.25) is 0 Å². The van der Waals surface area contributed by atoms with Crippen molar-refractivity contribution in [3.05, 3.63) is 12.7 Å². The molecule has 0 aromatic rings. The van der Waals surface area contributed by atoms with Gasteiger partial charge in [0.05, 0.1) is 11.3 Å². The van der Waals surface area contributed by atoms with E-state index in [1.807, 2.05) is 19.9 Å². The average Bonchev–Trinajstić information content (AvgIpc) is 2.62. The van der Waals surface area contributed by atoms with Crippen LogP contribution in [-0.2, 0) is 14.3 Å². The van der Waals surface area contributed by atoms with Crippen molar-refractivity contribution in [1.82, 2.24) is 0 Å². The lowest BCUT2D eigenvalue weighted by molar-refractivity contribution is -0.330. The smallest absolute Gasteiger partial charge is 0.164 e. The third kappa shape index (κ3) is 1.79. The highest BCUT2D eigenvalue weighted by Gasteiger charge is 2.54. The number of rotatable bonds is 2. The van der Waals surface area contributed by atoms with Crippen molar-refractivity contribution in [3.8, 4) is 0 Å². The molecule has 94 valence electrons. The number of hydrogen-bond acceptors (Lipinski definition) is 4. The summed E-state index contributed by atoms with van der Waals surface area (Å²) in [6, 6.07) is 0. The Hall–Kier alpha value is -0.870. The van der Waals surface area contributed by atoms with Gasteiger partial charge in [-0.1, -0.05) is 11.2 Å². The summed E-state index contributed by atoms with van der Waals surface area (Å²) >= 11 is 0. The van der Waals surface area contributed by atoms with Crippen LogP contribution < -0.4 is 0 Å². The zero-order valence-corrected chi connectivity index (χ0v) is 10.4. The quantitative estimate of drug-likeness (QED) is 0.691. The fourth-order valence-electron chi connectivity index (χ4n) is 3.37. The molecule has 4 heteroatoms. The van der Waals surface area contributed by atoms with Gasteiger partial charge in [0.2, 0.25) is 0 Å². The molecule has 0 spiro atoms. The molecular formula is C13H19NO3. The van der Waals surface area contributed by atoms with Gasteiger partial charge in [0.1, 0.15) is 12.7 Å². The van der Waals surface area contributed by atoms with E-state index in [-0.39, 0.29) is 11.7 Å². The third-order valence-corrected chi connectivity index (χ3v) is 3.77. The minimum atomic E-state index is -0.554. The molecular weight excluding hydrogens is 218 g/mol. The summed E-state index contributed by atoms with van der Waals surface area (Å²) in [6.45, 7) is 8.44. The van der Waals surface area contributed by atoms with Gasteiger partial charge in [0, 0.05) is 12.3 Å². The largest absolute Gasteiger partial charge is 0.395 e. The van der Waals surface area contributed by atoms with Crippen molar-refractivity contribution >= 4 is 5.71 Å². The highest BCUT2D eigenvalue weighted by molar-refractivity contribution is 5.92. The Labute approximate surface area is 102 Å². The van der Waals surface area contributed by atoms with E-state index in [1.165, 1.54) is 0 Å². The van der Waals surface area contributed by atoms with Gasteiger partial charge in [-0.25, -0.2) is 0 Å². The minimum absolute atomic E-state index is 0.0416. The Morgan fingerprint density at radius 2 is 2.29 bits per heavy atom. The molecule has 0 N–H and O–H groups in total. The molecule has 0 aromatic carbocycles. The van der Waals surface area contributed by atoms with Crippen LogP contribution in [0.4, 0.5) is 0 Å². The summed E-state index contributed by atoms with van der Waals surface area (Å²) < 4.78 is 12.1. The zero-order valence-electron chi connectivity index (χ0n) is 10.4. The van der Waals surface area contributed by atoms with Gasteiger partial charge in [-0.15, -0.1) is 6.58 Å². The molecule has 2 bridgehead atoms. The highest BCUT2D eigenvalue weighted by atomic mass is 16.7. The lowest BCUT2D eigenvalue weighted by atomic mass is 9.73. The first-order valence-electron chi connectivity index (χ1n) is 6.22. The maximum atomic E-state index is 6.18. The molecule has 17 heavy (non-hydrogen) atoms. The van der Waals surface area contributed by atoms with Crippen LogP contribution in [0.3, 0.4) is 0 Å². The van der Waals surface area contributed by atoms with Gasteiger partial charge >= 0.3 is 0 Å². The molecule has 0 aromatic heterocycles. The molecule has 2 heterocycles. The number of oxime groups is 1. The second kappa shape index (κ2) is 3.56. The van der Waals surface area contributed by atoms with Crippen LogP contribution in [0.25, 0.3) is 0 Å². The van der Waals surface area contributed by atoms with Gasteiger partial charge in [0.15, 0.2) is 5.79 Å². The van der Waals surface area contributed by atoms with Crippen LogP contribution in [-0.4, -0.2) is 29.8 Å². The Morgan fingerprint density at radius 1 is 1.47 bits per heavy atom. The maximum Gasteiger partial charge on any atom is 0.164 e. The fraction of sp³-hybridized carbons (Fsp3) is 0.769. The normalized spacial score (nSPS) is 42.4. The van der Waals surface area contributed by atoms with Crippen LogP contribution in [0.15, 0.2) is 17.8 Å². The van der Waals surface area contributed by atoms with Gasteiger partial charge in [-0.2, -0.15) is 0 Å². The van der Waals surface area contributed by atoms with Crippen LogP contribution in [0.5, 0.6) is 0 Å². The summed E-state index contributed by atoms with van der Waals surface area (Å²) in [5, 5.41) is 4.15. The van der Waals surface area contributed by atoms with E-state index in [0.717, 1.165) is 25.0 Å². The highest BCUT2D eigenvalue weighted by Crippen LogP contribution is 2.47. The second-order valence-corrected chi connectivity index (χ2v) is 5.70. The van der Waals surface area contributed by atoms with Crippen molar-refractivity contribution in [2.24, 2.45) is 11.1 Å². The van der Waals surface area contributed by atoms with Crippen LogP contribution in [0.2, 0.25) is 0 Å². The number of ether oxygens (including phenoxy) is 2. The Morgan fingerprint density at radius 3 is 3.06 bits per heavy atom. The first-order valence-corrected chi connectivity index (χ1v) is 6.22. The van der Waals surface area contributed by atoms with Crippen molar-refractivity contribution in [1.29, 1.82) is 0 Å². The predicted molar refractivity (Wildman–Crippen MR) is 63.7 cm³/mol. The van der Waals surface area contributed by atoms with E-state index in [0.29, 0.717) is 12.5 Å². The number of nitrogens with zero attached hydrogens (tertiary/aromatic N) is 1. The summed E-state index contributed by atoms with van der Waals surface area (Å²) in [7, 11) is 0.